The average Bonchev–Trinajstić information content (AvgIpc) is 3.53. The number of nitrogens with zero attached hydrogens (tertiary/aromatic N) is 1. The number of rotatable bonds is 6. The molecule has 9 nitrogen and oxygen atoms in total. The van der Waals surface area contributed by atoms with Crippen molar-refractivity contribution in [1.82, 2.24) is 20.9 Å². The van der Waals surface area contributed by atoms with E-state index >= 15 is 0 Å². The summed E-state index contributed by atoms with van der Waals surface area (Å²) in [7, 11) is 0. The van der Waals surface area contributed by atoms with Crippen LogP contribution in [0.2, 0.25) is 0 Å². The summed E-state index contributed by atoms with van der Waals surface area (Å²) >= 11 is 0. The molecule has 0 radical (unpaired) electrons. The molecule has 4 amide bonds. The molecule has 2 saturated heterocycles. The predicted molar refractivity (Wildman–Crippen MR) is 128 cm³/mol. The van der Waals surface area contributed by atoms with Crippen LogP contribution in [0.25, 0.3) is 0 Å². The van der Waals surface area contributed by atoms with Crippen molar-refractivity contribution in [3.8, 4) is 0 Å². The van der Waals surface area contributed by atoms with Crippen molar-refractivity contribution in [3.05, 3.63) is 35.9 Å². The van der Waals surface area contributed by atoms with Crippen LogP contribution in [0.1, 0.15) is 63.4 Å². The molecule has 0 aromatic heterocycles. The first-order valence-corrected chi connectivity index (χ1v) is 12.6. The number of amides is 4. The minimum atomic E-state index is -1.12. The molecular formula is C26H34N4O5. The quantitative estimate of drug-likeness (QED) is 0.412. The highest BCUT2D eigenvalue weighted by atomic mass is 16.2. The molecule has 3 fully saturated rings. The molecule has 0 bridgehead atoms. The third-order valence-corrected chi connectivity index (χ3v) is 7.43. The topological polar surface area (TPSA) is 125 Å². The maximum Gasteiger partial charge on any atom is 0.246 e. The van der Waals surface area contributed by atoms with Gasteiger partial charge in [-0.25, -0.2) is 0 Å². The van der Waals surface area contributed by atoms with Gasteiger partial charge in [-0.1, -0.05) is 43.2 Å². The maximum absolute atomic E-state index is 13.7. The van der Waals surface area contributed by atoms with E-state index in [4.69, 9.17) is 0 Å². The van der Waals surface area contributed by atoms with Crippen LogP contribution in [-0.2, 0) is 30.4 Å². The summed E-state index contributed by atoms with van der Waals surface area (Å²) in [4.78, 5) is 66.3. The van der Waals surface area contributed by atoms with Gasteiger partial charge in [0.15, 0.2) is 0 Å². The van der Waals surface area contributed by atoms with E-state index in [1.165, 1.54) is 0 Å². The van der Waals surface area contributed by atoms with Gasteiger partial charge in [0.05, 0.1) is 0 Å². The Labute approximate surface area is 205 Å². The fraction of sp³-hybridized carbons (Fsp3) is 0.577. The molecule has 0 unspecified atom stereocenters. The SMILES string of the molecule is O=CCCC[C@@H]1NC(=O)[C@H]2CCCN2C(=O)[C@H](Cc2ccccc2)NC(=O)C2(CCCC2)NC1=O. The first kappa shape index (κ1) is 24.9. The first-order chi connectivity index (χ1) is 16.9. The molecule has 1 spiro atoms. The van der Waals surface area contributed by atoms with Gasteiger partial charge in [-0.3, -0.25) is 19.2 Å². The lowest BCUT2D eigenvalue weighted by atomic mass is 9.93. The number of hydrogen-bond acceptors (Lipinski definition) is 5. The summed E-state index contributed by atoms with van der Waals surface area (Å²) in [5.74, 6) is -1.42. The summed E-state index contributed by atoms with van der Waals surface area (Å²) in [6.45, 7) is 0.422. The molecule has 35 heavy (non-hydrogen) atoms. The van der Waals surface area contributed by atoms with Crippen LogP contribution in [-0.4, -0.2) is 65.0 Å². The third-order valence-electron chi connectivity index (χ3n) is 7.43. The minimum absolute atomic E-state index is 0.278. The number of fused-ring (bicyclic) bond motifs is 1. The van der Waals surface area contributed by atoms with Gasteiger partial charge in [-0.15, -0.1) is 0 Å². The zero-order valence-electron chi connectivity index (χ0n) is 20.0. The van der Waals surface area contributed by atoms with Crippen molar-refractivity contribution in [2.45, 2.75) is 87.9 Å². The standard InChI is InChI=1S/C26H34N4O5/c31-16-7-4-11-19-22(32)29-26(13-5-6-14-26)25(35)28-20(17-18-9-2-1-3-10-18)24(34)30-15-8-12-21(30)23(33)27-19/h1-3,9-10,16,19-21H,4-8,11-15,17H2,(H,27,33)(H,28,35)(H,29,32)/t19-,20-,21+/m0/s1. The largest absolute Gasteiger partial charge is 0.343 e. The Balaban J connectivity index is 1.67. The van der Waals surface area contributed by atoms with Crippen molar-refractivity contribution in [3.63, 3.8) is 0 Å². The number of hydrogen-bond donors (Lipinski definition) is 3. The van der Waals surface area contributed by atoms with Crippen LogP contribution in [0, 0.1) is 0 Å². The molecule has 4 rings (SSSR count). The molecular weight excluding hydrogens is 448 g/mol. The second-order valence-electron chi connectivity index (χ2n) is 9.84. The number of unbranched alkanes of at least 4 members (excludes halogenated alkanes) is 1. The number of carbonyl (C=O) groups is 5. The molecule has 1 aromatic carbocycles. The average molecular weight is 483 g/mol. The van der Waals surface area contributed by atoms with Crippen LogP contribution in [0.4, 0.5) is 0 Å². The maximum atomic E-state index is 13.7. The van der Waals surface area contributed by atoms with Crippen LogP contribution < -0.4 is 16.0 Å². The number of aldehydes is 1. The van der Waals surface area contributed by atoms with Gasteiger partial charge >= 0.3 is 0 Å². The van der Waals surface area contributed by atoms with Crippen LogP contribution in [0.3, 0.4) is 0 Å². The molecule has 2 heterocycles. The number of benzene rings is 1. The summed E-state index contributed by atoms with van der Waals surface area (Å²) < 4.78 is 0. The van der Waals surface area contributed by atoms with E-state index in [0.29, 0.717) is 45.1 Å². The lowest BCUT2D eigenvalue weighted by molar-refractivity contribution is -0.144. The normalized spacial score (nSPS) is 26.9. The van der Waals surface area contributed by atoms with Crippen LogP contribution in [0.5, 0.6) is 0 Å². The second kappa shape index (κ2) is 11.0. The highest BCUT2D eigenvalue weighted by Gasteiger charge is 2.47. The lowest BCUT2D eigenvalue weighted by Crippen LogP contribution is -2.65. The van der Waals surface area contributed by atoms with Crippen molar-refractivity contribution in [2.24, 2.45) is 0 Å². The second-order valence-corrected chi connectivity index (χ2v) is 9.84. The molecule has 9 heteroatoms. The van der Waals surface area contributed by atoms with E-state index in [1.807, 2.05) is 30.3 Å². The molecule has 1 aliphatic carbocycles. The first-order valence-electron chi connectivity index (χ1n) is 12.6. The van der Waals surface area contributed by atoms with Crippen LogP contribution >= 0.6 is 0 Å². The van der Waals surface area contributed by atoms with Gasteiger partial charge in [0.1, 0.15) is 30.0 Å². The van der Waals surface area contributed by atoms with Crippen LogP contribution in [0.15, 0.2) is 30.3 Å². The Morgan fingerprint density at radius 3 is 2.40 bits per heavy atom. The monoisotopic (exact) mass is 482 g/mol. The molecule has 3 N–H and O–H groups in total. The van der Waals surface area contributed by atoms with Gasteiger partial charge in [-0.05, 0) is 44.1 Å². The summed E-state index contributed by atoms with van der Waals surface area (Å²) in [6.07, 6.45) is 5.75. The Hall–Kier alpha value is -3.23. The lowest BCUT2D eigenvalue weighted by Gasteiger charge is -2.36. The van der Waals surface area contributed by atoms with Crippen molar-refractivity contribution >= 4 is 29.9 Å². The number of nitrogens with one attached hydrogen (secondary N) is 3. The predicted octanol–water partition coefficient (Wildman–Crippen LogP) is 1.00. The minimum Gasteiger partial charge on any atom is -0.343 e. The van der Waals surface area contributed by atoms with Gasteiger partial charge < -0.3 is 25.6 Å². The molecule has 188 valence electrons. The van der Waals surface area contributed by atoms with E-state index in [9.17, 15) is 24.0 Å². The third kappa shape index (κ3) is 5.55. The van der Waals surface area contributed by atoms with Gasteiger partial charge in [-0.2, -0.15) is 0 Å². The molecule has 2 aliphatic heterocycles. The van der Waals surface area contributed by atoms with E-state index in [-0.39, 0.29) is 30.6 Å². The van der Waals surface area contributed by atoms with E-state index < -0.39 is 29.6 Å². The van der Waals surface area contributed by atoms with E-state index in [2.05, 4.69) is 16.0 Å². The Morgan fingerprint density at radius 2 is 1.69 bits per heavy atom. The van der Waals surface area contributed by atoms with Gasteiger partial charge in [0.2, 0.25) is 23.6 Å². The highest BCUT2D eigenvalue weighted by molar-refractivity contribution is 5.99. The summed E-state index contributed by atoms with van der Waals surface area (Å²) in [5.41, 5.74) is -0.220. The fourth-order valence-corrected chi connectivity index (χ4v) is 5.50. The molecule has 3 aliphatic rings. The zero-order valence-corrected chi connectivity index (χ0v) is 20.0. The van der Waals surface area contributed by atoms with Gasteiger partial charge in [0.25, 0.3) is 0 Å². The van der Waals surface area contributed by atoms with Crippen molar-refractivity contribution in [1.29, 1.82) is 0 Å². The summed E-state index contributed by atoms with van der Waals surface area (Å²) in [5, 5.41) is 8.72. The summed E-state index contributed by atoms with van der Waals surface area (Å²) in [6, 6.07) is 7.06. The highest BCUT2D eigenvalue weighted by Crippen LogP contribution is 2.31. The zero-order chi connectivity index (χ0) is 24.8. The Morgan fingerprint density at radius 1 is 0.943 bits per heavy atom. The molecule has 1 aromatic rings. The van der Waals surface area contributed by atoms with E-state index in [0.717, 1.165) is 24.7 Å². The smallest absolute Gasteiger partial charge is 0.246 e. The molecule has 1 saturated carbocycles. The van der Waals surface area contributed by atoms with Gasteiger partial charge in [0, 0.05) is 19.4 Å². The van der Waals surface area contributed by atoms with Crippen molar-refractivity contribution < 1.29 is 24.0 Å². The number of carbonyl (C=O) groups excluding carboxylic acids is 5. The molecule has 3 atom stereocenters. The Kier molecular flexibility index (Phi) is 7.83. The Bertz CT molecular complexity index is 960. The van der Waals surface area contributed by atoms with E-state index in [1.54, 1.807) is 4.90 Å². The fourth-order valence-electron chi connectivity index (χ4n) is 5.50. The van der Waals surface area contributed by atoms with Crippen molar-refractivity contribution in [2.75, 3.05) is 6.54 Å².